The Kier molecular flexibility index (Phi) is 4.16. The van der Waals surface area contributed by atoms with Crippen LogP contribution in [0.2, 0.25) is 10.0 Å². The summed E-state index contributed by atoms with van der Waals surface area (Å²) in [7, 11) is 0. The number of halogens is 2. The molecule has 0 unspecified atom stereocenters. The minimum atomic E-state index is 0.664. The highest BCUT2D eigenvalue weighted by Gasteiger charge is 2.11. The second-order valence-electron chi connectivity index (χ2n) is 4.88. The third-order valence-electron chi connectivity index (χ3n) is 3.41. The van der Waals surface area contributed by atoms with Crippen molar-refractivity contribution in [2.45, 2.75) is 19.5 Å². The standard InChI is InChI=1S/C16H15Cl2NO/c17-14-3-2-13(15(18)8-14)10-19-9-11-1-4-16-12(7-11)5-6-20-16/h1-4,7-8,19H,5-6,9-10H2. The Morgan fingerprint density at radius 3 is 2.80 bits per heavy atom. The molecule has 0 atom stereocenters. The van der Waals surface area contributed by atoms with Gasteiger partial charge in [0.05, 0.1) is 6.61 Å². The highest BCUT2D eigenvalue weighted by molar-refractivity contribution is 6.35. The molecular weight excluding hydrogens is 293 g/mol. The zero-order valence-corrected chi connectivity index (χ0v) is 12.5. The topological polar surface area (TPSA) is 21.3 Å². The van der Waals surface area contributed by atoms with Crippen molar-refractivity contribution in [1.82, 2.24) is 5.32 Å². The minimum Gasteiger partial charge on any atom is -0.493 e. The van der Waals surface area contributed by atoms with E-state index in [0.29, 0.717) is 10.0 Å². The number of fused-ring (bicyclic) bond motifs is 1. The summed E-state index contributed by atoms with van der Waals surface area (Å²) in [4.78, 5) is 0. The van der Waals surface area contributed by atoms with Gasteiger partial charge in [-0.05, 0) is 34.9 Å². The summed E-state index contributed by atoms with van der Waals surface area (Å²) in [6, 6.07) is 11.9. The number of benzene rings is 2. The Bertz CT molecular complexity index is 628. The van der Waals surface area contributed by atoms with Crippen LogP contribution in [0.1, 0.15) is 16.7 Å². The van der Waals surface area contributed by atoms with Crippen molar-refractivity contribution in [3.8, 4) is 5.75 Å². The van der Waals surface area contributed by atoms with Crippen molar-refractivity contribution >= 4 is 23.2 Å². The van der Waals surface area contributed by atoms with Crippen LogP contribution in [0.4, 0.5) is 0 Å². The average Bonchev–Trinajstić information content (AvgIpc) is 2.89. The highest BCUT2D eigenvalue weighted by Crippen LogP contribution is 2.26. The molecule has 0 amide bonds. The molecule has 1 aliphatic heterocycles. The molecule has 1 aliphatic rings. The average molecular weight is 308 g/mol. The first-order valence-corrected chi connectivity index (χ1v) is 7.37. The van der Waals surface area contributed by atoms with Crippen LogP contribution in [0.5, 0.6) is 5.75 Å². The molecule has 0 saturated carbocycles. The van der Waals surface area contributed by atoms with Gasteiger partial charge in [0.15, 0.2) is 0 Å². The molecule has 0 saturated heterocycles. The molecule has 0 fully saturated rings. The highest BCUT2D eigenvalue weighted by atomic mass is 35.5. The van der Waals surface area contributed by atoms with Crippen LogP contribution >= 0.6 is 23.2 Å². The third kappa shape index (κ3) is 3.09. The second-order valence-corrected chi connectivity index (χ2v) is 5.72. The van der Waals surface area contributed by atoms with E-state index in [4.69, 9.17) is 27.9 Å². The monoisotopic (exact) mass is 307 g/mol. The van der Waals surface area contributed by atoms with Crippen LogP contribution in [0.15, 0.2) is 36.4 Å². The van der Waals surface area contributed by atoms with Crippen molar-refractivity contribution in [3.05, 3.63) is 63.1 Å². The fourth-order valence-corrected chi connectivity index (χ4v) is 2.83. The van der Waals surface area contributed by atoms with Gasteiger partial charge in [-0.25, -0.2) is 0 Å². The van der Waals surface area contributed by atoms with Crippen molar-refractivity contribution < 1.29 is 4.74 Å². The first-order chi connectivity index (χ1) is 9.72. The minimum absolute atomic E-state index is 0.664. The summed E-state index contributed by atoms with van der Waals surface area (Å²) in [5, 5.41) is 4.77. The molecule has 104 valence electrons. The number of ether oxygens (including phenoxy) is 1. The first kappa shape index (κ1) is 13.7. The van der Waals surface area contributed by atoms with E-state index >= 15 is 0 Å². The number of hydrogen-bond acceptors (Lipinski definition) is 2. The van der Waals surface area contributed by atoms with Crippen LogP contribution in [-0.2, 0) is 19.5 Å². The Morgan fingerprint density at radius 2 is 1.95 bits per heavy atom. The molecule has 3 rings (SSSR count). The summed E-state index contributed by atoms with van der Waals surface area (Å²) in [5.41, 5.74) is 3.62. The molecule has 2 nitrogen and oxygen atoms in total. The summed E-state index contributed by atoms with van der Waals surface area (Å²) in [6.45, 7) is 2.34. The van der Waals surface area contributed by atoms with Crippen molar-refractivity contribution in [2.75, 3.05) is 6.61 Å². The summed E-state index contributed by atoms with van der Waals surface area (Å²) in [6.07, 6.45) is 1.01. The molecule has 1 N–H and O–H groups in total. The van der Waals surface area contributed by atoms with Gasteiger partial charge >= 0.3 is 0 Å². The number of nitrogens with one attached hydrogen (secondary N) is 1. The van der Waals surface area contributed by atoms with Crippen molar-refractivity contribution in [3.63, 3.8) is 0 Å². The quantitative estimate of drug-likeness (QED) is 0.913. The Hall–Kier alpha value is -1.22. The van der Waals surface area contributed by atoms with Crippen LogP contribution in [0, 0.1) is 0 Å². The number of rotatable bonds is 4. The fraction of sp³-hybridized carbons (Fsp3) is 0.250. The van der Waals surface area contributed by atoms with E-state index in [-0.39, 0.29) is 0 Å². The SMILES string of the molecule is Clc1ccc(CNCc2ccc3c(c2)CCO3)c(Cl)c1. The van der Waals surface area contributed by atoms with E-state index in [1.54, 1.807) is 6.07 Å². The van der Waals surface area contributed by atoms with Gasteiger partial charge in [0, 0.05) is 29.6 Å². The lowest BCUT2D eigenvalue weighted by Crippen LogP contribution is -2.13. The molecule has 0 bridgehead atoms. The van der Waals surface area contributed by atoms with E-state index in [1.807, 2.05) is 12.1 Å². The van der Waals surface area contributed by atoms with Crippen molar-refractivity contribution in [1.29, 1.82) is 0 Å². The van der Waals surface area contributed by atoms with Gasteiger partial charge in [-0.1, -0.05) is 41.4 Å². The molecule has 2 aromatic rings. The maximum atomic E-state index is 6.15. The first-order valence-electron chi connectivity index (χ1n) is 6.61. The molecule has 1 heterocycles. The summed E-state index contributed by atoms with van der Waals surface area (Å²) >= 11 is 12.0. The summed E-state index contributed by atoms with van der Waals surface area (Å²) in [5.74, 6) is 1.02. The Labute approximate surface area is 128 Å². The fourth-order valence-electron chi connectivity index (χ4n) is 2.36. The third-order valence-corrected chi connectivity index (χ3v) is 4.00. The van der Waals surface area contributed by atoms with Gasteiger partial charge in [-0.3, -0.25) is 0 Å². The summed E-state index contributed by atoms with van der Waals surface area (Å²) < 4.78 is 5.50. The zero-order valence-electron chi connectivity index (χ0n) is 11.0. The van der Waals surface area contributed by atoms with E-state index in [1.165, 1.54) is 11.1 Å². The van der Waals surface area contributed by atoms with Gasteiger partial charge < -0.3 is 10.1 Å². The number of hydrogen-bond donors (Lipinski definition) is 1. The maximum absolute atomic E-state index is 6.15. The van der Waals surface area contributed by atoms with Gasteiger partial charge in [0.25, 0.3) is 0 Å². The van der Waals surface area contributed by atoms with Crippen LogP contribution in [0.25, 0.3) is 0 Å². The molecule has 0 aromatic heterocycles. The smallest absolute Gasteiger partial charge is 0.122 e. The molecule has 0 radical (unpaired) electrons. The van der Waals surface area contributed by atoms with Crippen LogP contribution in [0.3, 0.4) is 0 Å². The van der Waals surface area contributed by atoms with Crippen molar-refractivity contribution in [2.24, 2.45) is 0 Å². The second kappa shape index (κ2) is 6.04. The Balaban J connectivity index is 1.60. The van der Waals surface area contributed by atoms with E-state index < -0.39 is 0 Å². The predicted octanol–water partition coefficient (Wildman–Crippen LogP) is 4.22. The van der Waals surface area contributed by atoms with Crippen LogP contribution < -0.4 is 10.1 Å². The lowest BCUT2D eigenvalue weighted by atomic mass is 10.1. The van der Waals surface area contributed by atoms with E-state index in [2.05, 4.69) is 23.5 Å². The zero-order chi connectivity index (χ0) is 13.9. The largest absolute Gasteiger partial charge is 0.493 e. The Morgan fingerprint density at radius 1 is 1.05 bits per heavy atom. The lowest BCUT2D eigenvalue weighted by molar-refractivity contribution is 0.357. The van der Waals surface area contributed by atoms with Crippen LogP contribution in [-0.4, -0.2) is 6.61 Å². The molecule has 0 aliphatic carbocycles. The molecule has 20 heavy (non-hydrogen) atoms. The molecule has 4 heteroatoms. The molecule has 0 spiro atoms. The maximum Gasteiger partial charge on any atom is 0.122 e. The molecular formula is C16H15Cl2NO. The van der Waals surface area contributed by atoms with Gasteiger partial charge in [-0.15, -0.1) is 0 Å². The normalized spacial score (nSPS) is 13.1. The molecule has 2 aromatic carbocycles. The van der Waals surface area contributed by atoms with E-state index in [9.17, 15) is 0 Å². The van der Waals surface area contributed by atoms with Gasteiger partial charge in [-0.2, -0.15) is 0 Å². The van der Waals surface area contributed by atoms with Gasteiger partial charge in [0.2, 0.25) is 0 Å². The lowest BCUT2D eigenvalue weighted by Gasteiger charge is -2.08. The van der Waals surface area contributed by atoms with Gasteiger partial charge in [0.1, 0.15) is 5.75 Å². The predicted molar refractivity (Wildman–Crippen MR) is 82.6 cm³/mol. The van der Waals surface area contributed by atoms with E-state index in [0.717, 1.165) is 37.4 Å².